The average Bonchev–Trinajstić information content (AvgIpc) is 2.67. The Hall–Kier alpha value is -2.54. The maximum absolute atomic E-state index is 12.0. The largest absolute Gasteiger partial charge is 0.494 e. The van der Waals surface area contributed by atoms with Crippen LogP contribution < -0.4 is 21.7 Å². The predicted molar refractivity (Wildman–Crippen MR) is 108 cm³/mol. The highest BCUT2D eigenvalue weighted by Crippen LogP contribution is 2.13. The lowest BCUT2D eigenvalue weighted by Gasteiger charge is -2.20. The van der Waals surface area contributed by atoms with Gasteiger partial charge in [0.25, 0.3) is 5.56 Å². The molecular formula is C20H30N4O3. The van der Waals surface area contributed by atoms with E-state index in [0.717, 1.165) is 54.2 Å². The number of benzene rings is 1. The van der Waals surface area contributed by atoms with E-state index in [0.29, 0.717) is 13.0 Å². The van der Waals surface area contributed by atoms with Gasteiger partial charge >= 0.3 is 5.69 Å². The molecule has 1 aromatic heterocycles. The lowest BCUT2D eigenvalue weighted by Crippen LogP contribution is -2.38. The molecule has 0 aliphatic rings. The van der Waals surface area contributed by atoms with Crippen molar-refractivity contribution in [3.63, 3.8) is 0 Å². The van der Waals surface area contributed by atoms with E-state index in [2.05, 4.69) is 11.8 Å². The van der Waals surface area contributed by atoms with Crippen molar-refractivity contribution in [1.29, 1.82) is 0 Å². The van der Waals surface area contributed by atoms with Crippen LogP contribution >= 0.6 is 0 Å². The second-order valence-corrected chi connectivity index (χ2v) is 6.68. The summed E-state index contributed by atoms with van der Waals surface area (Å²) in [5.74, 6) is 0.832. The maximum atomic E-state index is 12.0. The molecule has 1 heterocycles. The van der Waals surface area contributed by atoms with Crippen LogP contribution in [-0.4, -0.2) is 40.3 Å². The zero-order valence-electron chi connectivity index (χ0n) is 16.5. The molecule has 1 aromatic carbocycles. The molecule has 0 saturated carbocycles. The van der Waals surface area contributed by atoms with Gasteiger partial charge in [-0.3, -0.25) is 9.36 Å². The molecule has 0 unspecified atom stereocenters. The summed E-state index contributed by atoms with van der Waals surface area (Å²) in [6.07, 6.45) is 2.54. The molecule has 0 spiro atoms. The Morgan fingerprint density at radius 1 is 1.04 bits per heavy atom. The van der Waals surface area contributed by atoms with E-state index in [1.807, 2.05) is 24.3 Å². The first kappa shape index (κ1) is 20.8. The zero-order valence-corrected chi connectivity index (χ0v) is 16.5. The van der Waals surface area contributed by atoms with E-state index in [-0.39, 0.29) is 11.2 Å². The van der Waals surface area contributed by atoms with E-state index < -0.39 is 0 Å². The minimum atomic E-state index is -0.273. The molecule has 2 rings (SSSR count). The van der Waals surface area contributed by atoms with Crippen LogP contribution in [0.2, 0.25) is 0 Å². The smallest absolute Gasteiger partial charge is 0.330 e. The monoisotopic (exact) mass is 374 g/mol. The van der Waals surface area contributed by atoms with Crippen LogP contribution in [0.15, 0.2) is 39.9 Å². The number of hydrogen-bond acceptors (Lipinski definition) is 5. The first-order chi connectivity index (χ1) is 12.9. The van der Waals surface area contributed by atoms with Gasteiger partial charge in [-0.2, -0.15) is 0 Å². The minimum absolute atomic E-state index is 0.250. The first-order valence-electron chi connectivity index (χ1n) is 9.39. The molecule has 0 aliphatic carbocycles. The third kappa shape index (κ3) is 5.99. The van der Waals surface area contributed by atoms with Gasteiger partial charge in [0.05, 0.1) is 6.61 Å². The average molecular weight is 374 g/mol. The number of aryl methyl sites for hydroxylation is 1. The zero-order chi connectivity index (χ0) is 19.8. The highest BCUT2D eigenvalue weighted by molar-refractivity contribution is 5.41. The van der Waals surface area contributed by atoms with Crippen molar-refractivity contribution >= 4 is 5.69 Å². The first-order valence-corrected chi connectivity index (χ1v) is 9.39. The Kier molecular flexibility index (Phi) is 7.67. The summed E-state index contributed by atoms with van der Waals surface area (Å²) in [5.41, 5.74) is 6.65. The molecular weight excluding hydrogens is 344 g/mol. The highest BCUT2D eigenvalue weighted by atomic mass is 16.5. The lowest BCUT2D eigenvalue weighted by molar-refractivity contribution is 0.239. The van der Waals surface area contributed by atoms with Gasteiger partial charge in [-0.1, -0.05) is 6.92 Å². The lowest BCUT2D eigenvalue weighted by atomic mass is 10.2. The summed E-state index contributed by atoms with van der Waals surface area (Å²) in [5, 5.41) is 0. The normalized spacial score (nSPS) is 11.1. The van der Waals surface area contributed by atoms with Crippen LogP contribution in [0.25, 0.3) is 0 Å². The van der Waals surface area contributed by atoms with Crippen molar-refractivity contribution in [1.82, 2.24) is 14.0 Å². The van der Waals surface area contributed by atoms with Crippen LogP contribution in [0.3, 0.4) is 0 Å². The number of nitrogen functional groups attached to an aromatic ring is 1. The summed E-state index contributed by atoms with van der Waals surface area (Å²) in [7, 11) is 3.21. The molecule has 0 atom stereocenters. The molecule has 0 amide bonds. The van der Waals surface area contributed by atoms with Crippen LogP contribution in [0.4, 0.5) is 5.69 Å². The minimum Gasteiger partial charge on any atom is -0.494 e. The Morgan fingerprint density at radius 3 is 2.37 bits per heavy atom. The van der Waals surface area contributed by atoms with Crippen LogP contribution in [0.5, 0.6) is 5.75 Å². The molecule has 2 N–H and O–H groups in total. The Balaban J connectivity index is 1.75. The number of rotatable bonds is 10. The van der Waals surface area contributed by atoms with Gasteiger partial charge in [-0.25, -0.2) is 4.79 Å². The van der Waals surface area contributed by atoms with Crippen molar-refractivity contribution < 1.29 is 4.74 Å². The Labute approximate surface area is 160 Å². The van der Waals surface area contributed by atoms with Gasteiger partial charge in [0.1, 0.15) is 5.75 Å². The molecule has 0 saturated heterocycles. The van der Waals surface area contributed by atoms with Gasteiger partial charge in [-0.05, 0) is 56.6 Å². The summed E-state index contributed by atoms with van der Waals surface area (Å²) >= 11 is 0. The number of nitrogens with two attached hydrogens (primary N) is 1. The van der Waals surface area contributed by atoms with Crippen molar-refractivity contribution in [2.45, 2.75) is 26.2 Å². The standard InChI is InChI=1S/C20H30N4O3/c1-4-24(13-6-14-27-18-10-8-16(21)9-11-18)12-5-7-17-15-19(25)23(3)20(26)22(17)2/h8-11,15H,4-7,12-14,21H2,1-3H3. The summed E-state index contributed by atoms with van der Waals surface area (Å²) in [4.78, 5) is 26.1. The van der Waals surface area contributed by atoms with Gasteiger partial charge in [-0.15, -0.1) is 0 Å². The molecule has 2 aromatic rings. The molecule has 7 nitrogen and oxygen atoms in total. The second kappa shape index (κ2) is 9.97. The van der Waals surface area contributed by atoms with Crippen molar-refractivity contribution in [2.24, 2.45) is 14.1 Å². The third-order valence-electron chi connectivity index (χ3n) is 4.75. The Bertz CT molecular complexity index is 840. The molecule has 27 heavy (non-hydrogen) atoms. The number of ether oxygens (including phenoxy) is 1. The van der Waals surface area contributed by atoms with Gasteiger partial charge in [0, 0.05) is 38.1 Å². The van der Waals surface area contributed by atoms with E-state index in [1.165, 1.54) is 7.05 Å². The van der Waals surface area contributed by atoms with Crippen molar-refractivity contribution in [2.75, 3.05) is 32.0 Å². The molecule has 0 aliphatic heterocycles. The fourth-order valence-corrected chi connectivity index (χ4v) is 2.97. The molecule has 7 heteroatoms. The maximum Gasteiger partial charge on any atom is 0.330 e. The van der Waals surface area contributed by atoms with Crippen LogP contribution in [-0.2, 0) is 20.5 Å². The van der Waals surface area contributed by atoms with E-state index in [9.17, 15) is 9.59 Å². The van der Waals surface area contributed by atoms with Crippen LogP contribution in [0, 0.1) is 0 Å². The Morgan fingerprint density at radius 2 is 1.70 bits per heavy atom. The van der Waals surface area contributed by atoms with E-state index >= 15 is 0 Å². The van der Waals surface area contributed by atoms with Gasteiger partial charge < -0.3 is 19.9 Å². The van der Waals surface area contributed by atoms with Gasteiger partial charge in [0.15, 0.2) is 0 Å². The van der Waals surface area contributed by atoms with Crippen molar-refractivity contribution in [3.05, 3.63) is 56.9 Å². The second-order valence-electron chi connectivity index (χ2n) is 6.68. The topological polar surface area (TPSA) is 82.5 Å². The summed E-state index contributed by atoms with van der Waals surface area (Å²) in [6.45, 7) is 5.61. The highest BCUT2D eigenvalue weighted by Gasteiger charge is 2.07. The van der Waals surface area contributed by atoms with E-state index in [1.54, 1.807) is 17.7 Å². The van der Waals surface area contributed by atoms with Crippen LogP contribution in [0.1, 0.15) is 25.5 Å². The number of nitrogens with zero attached hydrogens (tertiary/aromatic N) is 3. The molecule has 0 fully saturated rings. The van der Waals surface area contributed by atoms with Gasteiger partial charge in [0.2, 0.25) is 0 Å². The summed E-state index contributed by atoms with van der Waals surface area (Å²) in [6, 6.07) is 8.97. The molecule has 0 bridgehead atoms. The number of hydrogen-bond donors (Lipinski definition) is 1. The van der Waals surface area contributed by atoms with E-state index in [4.69, 9.17) is 10.5 Å². The fraction of sp³-hybridized carbons (Fsp3) is 0.500. The number of anilines is 1. The molecule has 148 valence electrons. The fourth-order valence-electron chi connectivity index (χ4n) is 2.97. The SMILES string of the molecule is CCN(CCCOc1ccc(N)cc1)CCCc1cc(=O)n(C)c(=O)n1C. The predicted octanol–water partition coefficient (Wildman–Crippen LogP) is 1.39. The quantitative estimate of drug-likeness (QED) is 0.502. The molecule has 0 radical (unpaired) electrons. The summed E-state index contributed by atoms with van der Waals surface area (Å²) < 4.78 is 8.41. The number of aromatic nitrogens is 2. The third-order valence-corrected chi connectivity index (χ3v) is 4.75. The van der Waals surface area contributed by atoms with Crippen molar-refractivity contribution in [3.8, 4) is 5.75 Å².